The molecule has 44 heavy (non-hydrogen) atoms. The van der Waals surface area contributed by atoms with E-state index >= 15 is 0 Å². The van der Waals surface area contributed by atoms with Gasteiger partial charge in [0.25, 0.3) is 0 Å². The fourth-order valence-corrected chi connectivity index (χ4v) is 3.61. The highest BCUT2D eigenvalue weighted by Crippen LogP contribution is 2.33. The van der Waals surface area contributed by atoms with Crippen LogP contribution in [0.5, 0.6) is 5.88 Å². The minimum absolute atomic E-state index is 0.0894. The molecule has 2 aliphatic rings. The monoisotopic (exact) mass is 653 g/mol. The molecule has 1 aliphatic heterocycles. The Morgan fingerprint density at radius 3 is 1.82 bits per heavy atom. The van der Waals surface area contributed by atoms with Crippen molar-refractivity contribution in [3.63, 3.8) is 0 Å². The smallest absolute Gasteiger partial charge is 0.475 e. The van der Waals surface area contributed by atoms with Crippen molar-refractivity contribution in [3.8, 4) is 5.88 Å². The van der Waals surface area contributed by atoms with Crippen molar-refractivity contribution < 1.29 is 78.7 Å². The largest absolute Gasteiger partial charge is 0.490 e. The van der Waals surface area contributed by atoms with Gasteiger partial charge in [-0.3, -0.25) is 9.88 Å². The highest BCUT2D eigenvalue weighted by molar-refractivity contribution is 5.73. The second-order valence-corrected chi connectivity index (χ2v) is 8.54. The molecule has 1 aliphatic carbocycles. The van der Waals surface area contributed by atoms with Crippen LogP contribution in [0.3, 0.4) is 0 Å². The number of hydrogen-bond acceptors (Lipinski definition) is 8. The number of fused-ring (bicyclic) bond motifs is 1. The van der Waals surface area contributed by atoms with Gasteiger partial charge in [0.15, 0.2) is 0 Å². The number of aromatic nitrogens is 2. The summed E-state index contributed by atoms with van der Waals surface area (Å²) in [5, 5.41) is 21.4. The van der Waals surface area contributed by atoms with Gasteiger partial charge in [-0.1, -0.05) is 12.1 Å². The summed E-state index contributed by atoms with van der Waals surface area (Å²) in [5.41, 5.74) is 1.25. The van der Waals surface area contributed by atoms with Crippen LogP contribution in [0.15, 0.2) is 48.9 Å². The third kappa shape index (κ3) is 13.8. The van der Waals surface area contributed by atoms with Crippen molar-refractivity contribution >= 4 is 17.9 Å². The summed E-state index contributed by atoms with van der Waals surface area (Å²) >= 11 is 0. The molecule has 3 heterocycles. The fraction of sp³-hybridized carbons (Fsp3) is 0.458. The number of nitrogens with zero attached hydrogens (tertiary/aromatic N) is 3. The Hall–Kier alpha value is -4.20. The van der Waals surface area contributed by atoms with Crippen molar-refractivity contribution in [1.82, 2.24) is 14.9 Å². The first-order valence-electron chi connectivity index (χ1n) is 12.0. The predicted molar refractivity (Wildman–Crippen MR) is 127 cm³/mol. The minimum atomic E-state index is -5.08. The van der Waals surface area contributed by atoms with E-state index in [1.807, 2.05) is 36.7 Å². The van der Waals surface area contributed by atoms with Gasteiger partial charge in [-0.15, -0.1) is 0 Å². The number of morpholine rings is 1. The van der Waals surface area contributed by atoms with Crippen LogP contribution in [0.4, 0.5) is 39.5 Å². The number of aliphatic carboxylic acids is 3. The van der Waals surface area contributed by atoms with Crippen molar-refractivity contribution in [1.29, 1.82) is 0 Å². The van der Waals surface area contributed by atoms with Crippen LogP contribution in [-0.4, -0.2) is 98.0 Å². The Kier molecular flexibility index (Phi) is 14.3. The zero-order valence-corrected chi connectivity index (χ0v) is 22.0. The number of ether oxygens (including phenoxy) is 2. The first-order chi connectivity index (χ1) is 20.2. The predicted octanol–water partition coefficient (Wildman–Crippen LogP) is 4.19. The number of hydrogen-bond donors (Lipinski definition) is 3. The van der Waals surface area contributed by atoms with Crippen LogP contribution in [-0.2, 0) is 25.7 Å². The molecule has 2 aromatic rings. The van der Waals surface area contributed by atoms with E-state index in [1.54, 1.807) is 6.20 Å². The highest BCUT2D eigenvalue weighted by Gasteiger charge is 2.44. The van der Waals surface area contributed by atoms with Gasteiger partial charge in [-0.2, -0.15) is 39.5 Å². The molecule has 4 rings (SSSR count). The Morgan fingerprint density at radius 2 is 1.39 bits per heavy atom. The topological polar surface area (TPSA) is 159 Å². The second-order valence-electron chi connectivity index (χ2n) is 8.54. The average Bonchev–Trinajstić information content (AvgIpc) is 3.33. The molecule has 0 aromatic carbocycles. The molecular formula is C24H24F9N3O8. The van der Waals surface area contributed by atoms with Gasteiger partial charge in [0.05, 0.1) is 6.61 Å². The van der Waals surface area contributed by atoms with Crippen molar-refractivity contribution in [3.05, 3.63) is 54.5 Å². The van der Waals surface area contributed by atoms with Crippen LogP contribution < -0.4 is 4.74 Å². The molecule has 20 heteroatoms. The van der Waals surface area contributed by atoms with Crippen LogP contribution in [0.2, 0.25) is 0 Å². The summed E-state index contributed by atoms with van der Waals surface area (Å²) in [4.78, 5) is 37.7. The van der Waals surface area contributed by atoms with Crippen LogP contribution in [0, 0.1) is 0 Å². The first-order valence-corrected chi connectivity index (χ1v) is 12.0. The van der Waals surface area contributed by atoms with E-state index in [9.17, 15) is 39.5 Å². The Morgan fingerprint density at radius 1 is 0.841 bits per heavy atom. The number of rotatable bonds is 4. The summed E-state index contributed by atoms with van der Waals surface area (Å²) in [6, 6.07) is 10.3. The van der Waals surface area contributed by atoms with Crippen LogP contribution >= 0.6 is 0 Å². The number of carboxylic acids is 3. The maximum absolute atomic E-state index is 10.6. The first kappa shape index (κ1) is 37.8. The molecule has 1 saturated carbocycles. The minimum Gasteiger partial charge on any atom is -0.475 e. The number of halogens is 9. The zero-order chi connectivity index (χ0) is 33.7. The van der Waals surface area contributed by atoms with E-state index in [2.05, 4.69) is 20.9 Å². The van der Waals surface area contributed by atoms with Gasteiger partial charge in [0, 0.05) is 43.8 Å². The highest BCUT2D eigenvalue weighted by atomic mass is 19.4. The summed E-state index contributed by atoms with van der Waals surface area (Å²) in [5.74, 6) is -7.58. The Bertz CT molecular complexity index is 1130. The number of alkyl halides is 9. The lowest BCUT2D eigenvalue weighted by molar-refractivity contribution is -0.193. The lowest BCUT2D eigenvalue weighted by Gasteiger charge is -2.38. The van der Waals surface area contributed by atoms with E-state index in [1.165, 1.54) is 5.56 Å². The SMILES string of the molecule is O=C(O)C(F)(F)F.O=C(O)C(F)(F)F.O=C(O)C(F)(F)F.c1ccc(O[C@H]2CC[C@H]3[C@H]2OCCN3Cc2cccnc2)nc1. The van der Waals surface area contributed by atoms with Gasteiger partial charge in [0.2, 0.25) is 5.88 Å². The quantitative estimate of drug-likeness (QED) is 0.407. The third-order valence-corrected chi connectivity index (χ3v) is 5.40. The van der Waals surface area contributed by atoms with E-state index in [0.717, 1.165) is 32.5 Å². The molecule has 2 fully saturated rings. The summed E-state index contributed by atoms with van der Waals surface area (Å²) in [7, 11) is 0. The van der Waals surface area contributed by atoms with Crippen LogP contribution in [0.1, 0.15) is 18.4 Å². The van der Waals surface area contributed by atoms with Gasteiger partial charge in [-0.25, -0.2) is 19.4 Å². The maximum atomic E-state index is 10.6. The zero-order valence-electron chi connectivity index (χ0n) is 22.0. The molecule has 246 valence electrons. The van der Waals surface area contributed by atoms with Crippen molar-refractivity contribution in [2.75, 3.05) is 13.2 Å². The lowest BCUT2D eigenvalue weighted by Crippen LogP contribution is -2.51. The maximum Gasteiger partial charge on any atom is 0.490 e. The number of carbonyl (C=O) groups is 3. The molecule has 3 N–H and O–H groups in total. The summed E-state index contributed by atoms with van der Waals surface area (Å²) in [6.07, 6.45) is -7.40. The number of carboxylic acid groups (broad SMARTS) is 3. The van der Waals surface area contributed by atoms with E-state index in [0.29, 0.717) is 11.9 Å². The molecular weight excluding hydrogens is 629 g/mol. The fourth-order valence-electron chi connectivity index (χ4n) is 3.61. The van der Waals surface area contributed by atoms with Crippen molar-refractivity contribution in [2.24, 2.45) is 0 Å². The molecule has 0 amide bonds. The van der Waals surface area contributed by atoms with E-state index in [-0.39, 0.29) is 12.2 Å². The molecule has 11 nitrogen and oxygen atoms in total. The van der Waals surface area contributed by atoms with Gasteiger partial charge < -0.3 is 24.8 Å². The average molecular weight is 653 g/mol. The standard InChI is InChI=1S/C18H21N3O2.3C2HF3O2/c1-2-9-20-17(5-1)23-16-7-6-15-18(16)22-11-10-21(15)13-14-4-3-8-19-12-14;3*3-2(4,5)1(6)7/h1-5,8-9,12,15-16,18H,6-7,10-11,13H2;3*(H,6,7)/t15-,16-,18+;;;/m0.../s1. The molecule has 2 aromatic heterocycles. The summed E-state index contributed by atoms with van der Waals surface area (Å²) < 4.78 is 107. The Labute approximate surface area is 241 Å². The number of pyridine rings is 2. The normalized spacial score (nSPS) is 19.8. The Balaban J connectivity index is 0.000000379. The molecule has 0 bridgehead atoms. The molecule has 0 spiro atoms. The van der Waals surface area contributed by atoms with Gasteiger partial charge >= 0.3 is 36.4 Å². The molecule has 0 unspecified atom stereocenters. The lowest BCUT2D eigenvalue weighted by atomic mass is 10.1. The molecule has 3 atom stereocenters. The van der Waals surface area contributed by atoms with Gasteiger partial charge in [-0.05, 0) is 30.5 Å². The molecule has 0 radical (unpaired) electrons. The van der Waals surface area contributed by atoms with E-state index < -0.39 is 36.4 Å². The molecule has 1 saturated heterocycles. The summed E-state index contributed by atoms with van der Waals surface area (Å²) in [6.45, 7) is 2.64. The van der Waals surface area contributed by atoms with Gasteiger partial charge in [0.1, 0.15) is 12.2 Å². The second kappa shape index (κ2) is 16.6. The van der Waals surface area contributed by atoms with E-state index in [4.69, 9.17) is 39.2 Å². The van der Waals surface area contributed by atoms with Crippen LogP contribution in [0.25, 0.3) is 0 Å². The third-order valence-electron chi connectivity index (χ3n) is 5.40. The van der Waals surface area contributed by atoms with Crippen molar-refractivity contribution in [2.45, 2.75) is 56.2 Å².